The molecule has 2 aromatic heterocycles. The van der Waals surface area contributed by atoms with E-state index in [0.29, 0.717) is 5.92 Å². The Hall–Kier alpha value is -1.19. The molecule has 0 aromatic carbocycles. The van der Waals surface area contributed by atoms with E-state index >= 15 is 0 Å². The highest BCUT2D eigenvalue weighted by molar-refractivity contribution is 7.12. The summed E-state index contributed by atoms with van der Waals surface area (Å²) < 4.78 is 0. The van der Waals surface area contributed by atoms with E-state index in [0.717, 1.165) is 0 Å². The number of nitrogens with zero attached hydrogens (tertiary/aromatic N) is 1. The number of rotatable bonds is 3. The van der Waals surface area contributed by atoms with Gasteiger partial charge in [0, 0.05) is 34.1 Å². The maximum Gasteiger partial charge on any atom is 0.0456 e. The summed E-state index contributed by atoms with van der Waals surface area (Å²) in [6.07, 6.45) is 3.65. The Morgan fingerprint density at radius 2 is 1.88 bits per heavy atom. The Kier molecular flexibility index (Phi) is 3.60. The zero-order valence-corrected chi connectivity index (χ0v) is 11.3. The summed E-state index contributed by atoms with van der Waals surface area (Å²) in [5.41, 5.74) is 8.92. The molecule has 2 unspecified atom stereocenters. The smallest absolute Gasteiger partial charge is 0.0456 e. The van der Waals surface area contributed by atoms with Gasteiger partial charge in [-0.3, -0.25) is 4.98 Å². The Morgan fingerprint density at radius 1 is 1.24 bits per heavy atom. The summed E-state index contributed by atoms with van der Waals surface area (Å²) in [5, 5.41) is 0. The van der Waals surface area contributed by atoms with Crippen molar-refractivity contribution in [3.8, 4) is 0 Å². The molecule has 0 spiro atoms. The van der Waals surface area contributed by atoms with E-state index in [1.807, 2.05) is 24.5 Å². The van der Waals surface area contributed by atoms with Crippen LogP contribution < -0.4 is 5.73 Å². The summed E-state index contributed by atoms with van der Waals surface area (Å²) >= 11 is 1.80. The van der Waals surface area contributed by atoms with Crippen molar-refractivity contribution >= 4 is 11.3 Å². The van der Waals surface area contributed by atoms with Crippen LogP contribution in [0.1, 0.15) is 39.8 Å². The molecule has 0 saturated heterocycles. The van der Waals surface area contributed by atoms with Gasteiger partial charge in [-0.25, -0.2) is 0 Å². The molecule has 0 saturated carbocycles. The van der Waals surface area contributed by atoms with Gasteiger partial charge in [0.25, 0.3) is 0 Å². The second kappa shape index (κ2) is 4.98. The normalized spacial score (nSPS) is 14.6. The van der Waals surface area contributed by atoms with E-state index < -0.39 is 0 Å². The van der Waals surface area contributed by atoms with Crippen LogP contribution in [0.4, 0.5) is 0 Å². The number of aromatic nitrogens is 1. The molecule has 90 valence electrons. The lowest BCUT2D eigenvalue weighted by molar-refractivity contribution is 0.606. The van der Waals surface area contributed by atoms with Crippen LogP contribution in [-0.4, -0.2) is 4.98 Å². The topological polar surface area (TPSA) is 38.9 Å². The van der Waals surface area contributed by atoms with Crippen molar-refractivity contribution in [2.45, 2.75) is 32.7 Å². The maximum atomic E-state index is 6.34. The lowest BCUT2D eigenvalue weighted by atomic mass is 9.93. The van der Waals surface area contributed by atoms with Crippen LogP contribution in [0.25, 0.3) is 0 Å². The van der Waals surface area contributed by atoms with Gasteiger partial charge < -0.3 is 5.73 Å². The molecule has 3 heteroatoms. The van der Waals surface area contributed by atoms with Crippen molar-refractivity contribution in [3.05, 3.63) is 51.5 Å². The van der Waals surface area contributed by atoms with E-state index in [1.165, 1.54) is 20.9 Å². The Bertz CT molecular complexity index is 471. The molecule has 2 rings (SSSR count). The monoisotopic (exact) mass is 246 g/mol. The second-order valence-corrected chi connectivity index (χ2v) is 5.77. The fourth-order valence-corrected chi connectivity index (χ4v) is 3.04. The van der Waals surface area contributed by atoms with E-state index in [2.05, 4.69) is 31.8 Å². The second-order valence-electron chi connectivity index (χ2n) is 4.48. The zero-order chi connectivity index (χ0) is 12.4. The molecular formula is C14H18N2S. The molecular weight excluding hydrogens is 228 g/mol. The van der Waals surface area contributed by atoms with E-state index in [4.69, 9.17) is 5.73 Å². The summed E-state index contributed by atoms with van der Waals surface area (Å²) in [7, 11) is 0. The number of aryl methyl sites for hydroxylation is 2. The summed E-state index contributed by atoms with van der Waals surface area (Å²) in [6.45, 7) is 6.46. The van der Waals surface area contributed by atoms with Gasteiger partial charge in [-0.15, -0.1) is 11.3 Å². The summed E-state index contributed by atoms with van der Waals surface area (Å²) in [5.74, 6) is 0.315. The lowest BCUT2D eigenvalue weighted by Gasteiger charge is -2.18. The van der Waals surface area contributed by atoms with Crippen LogP contribution in [-0.2, 0) is 0 Å². The zero-order valence-electron chi connectivity index (χ0n) is 10.5. The molecule has 0 aliphatic rings. The average Bonchev–Trinajstić information content (AvgIpc) is 2.69. The van der Waals surface area contributed by atoms with Gasteiger partial charge >= 0.3 is 0 Å². The number of nitrogens with two attached hydrogens (primary N) is 1. The third kappa shape index (κ3) is 2.56. The van der Waals surface area contributed by atoms with Crippen molar-refractivity contribution in [2.24, 2.45) is 5.73 Å². The van der Waals surface area contributed by atoms with Crippen molar-refractivity contribution in [2.75, 3.05) is 0 Å². The number of hydrogen-bond donors (Lipinski definition) is 1. The molecule has 0 bridgehead atoms. The Labute approximate surface area is 107 Å². The van der Waals surface area contributed by atoms with Crippen molar-refractivity contribution in [3.63, 3.8) is 0 Å². The van der Waals surface area contributed by atoms with Gasteiger partial charge in [-0.1, -0.05) is 6.92 Å². The summed E-state index contributed by atoms with van der Waals surface area (Å²) in [6, 6.07) is 6.35. The van der Waals surface area contributed by atoms with E-state index in [-0.39, 0.29) is 6.04 Å². The SMILES string of the molecule is Cc1cc(C(N)C(C)c2ccncc2)sc1C. The fraction of sp³-hybridized carbons (Fsp3) is 0.357. The fourth-order valence-electron chi connectivity index (χ4n) is 1.89. The highest BCUT2D eigenvalue weighted by Gasteiger charge is 2.18. The number of hydrogen-bond acceptors (Lipinski definition) is 3. The van der Waals surface area contributed by atoms with Gasteiger partial charge in [-0.2, -0.15) is 0 Å². The maximum absolute atomic E-state index is 6.34. The van der Waals surface area contributed by atoms with E-state index in [1.54, 1.807) is 11.3 Å². The number of pyridine rings is 1. The lowest BCUT2D eigenvalue weighted by Crippen LogP contribution is -2.16. The van der Waals surface area contributed by atoms with Crippen LogP contribution in [0.2, 0.25) is 0 Å². The van der Waals surface area contributed by atoms with Crippen LogP contribution in [0.15, 0.2) is 30.6 Å². The minimum absolute atomic E-state index is 0.0646. The molecule has 17 heavy (non-hydrogen) atoms. The van der Waals surface area contributed by atoms with Gasteiger partial charge in [0.05, 0.1) is 0 Å². The van der Waals surface area contributed by atoms with Gasteiger partial charge in [0.15, 0.2) is 0 Å². The van der Waals surface area contributed by atoms with Crippen molar-refractivity contribution in [1.82, 2.24) is 4.98 Å². The molecule has 0 aliphatic carbocycles. The Balaban J connectivity index is 2.23. The van der Waals surface area contributed by atoms with Crippen LogP contribution in [0, 0.1) is 13.8 Å². The largest absolute Gasteiger partial charge is 0.323 e. The molecule has 2 atom stereocenters. The van der Waals surface area contributed by atoms with Gasteiger partial charge in [-0.05, 0) is 43.2 Å². The minimum Gasteiger partial charge on any atom is -0.323 e. The predicted octanol–water partition coefficient (Wildman–Crippen LogP) is 3.56. The molecule has 0 aliphatic heterocycles. The van der Waals surface area contributed by atoms with Crippen molar-refractivity contribution in [1.29, 1.82) is 0 Å². The highest BCUT2D eigenvalue weighted by atomic mass is 32.1. The molecule has 2 heterocycles. The molecule has 0 fully saturated rings. The minimum atomic E-state index is 0.0646. The first-order valence-corrected chi connectivity index (χ1v) is 6.63. The third-order valence-corrected chi connectivity index (χ3v) is 4.54. The number of thiophene rings is 1. The standard InChI is InChI=1S/C14H18N2S/c1-9-8-13(17-11(9)3)14(15)10(2)12-4-6-16-7-5-12/h4-8,10,14H,15H2,1-3H3. The average molecular weight is 246 g/mol. The Morgan fingerprint density at radius 3 is 2.41 bits per heavy atom. The van der Waals surface area contributed by atoms with Crippen LogP contribution in [0.5, 0.6) is 0 Å². The van der Waals surface area contributed by atoms with Gasteiger partial charge in [0.1, 0.15) is 0 Å². The highest BCUT2D eigenvalue weighted by Crippen LogP contribution is 2.33. The van der Waals surface area contributed by atoms with Crippen LogP contribution >= 0.6 is 11.3 Å². The van der Waals surface area contributed by atoms with Crippen molar-refractivity contribution < 1.29 is 0 Å². The van der Waals surface area contributed by atoms with Gasteiger partial charge in [0.2, 0.25) is 0 Å². The molecule has 0 radical (unpaired) electrons. The first kappa shape index (κ1) is 12.3. The first-order valence-electron chi connectivity index (χ1n) is 5.82. The first-order chi connectivity index (χ1) is 8.09. The predicted molar refractivity (Wildman–Crippen MR) is 73.4 cm³/mol. The molecule has 2 N–H and O–H groups in total. The molecule has 2 aromatic rings. The van der Waals surface area contributed by atoms with Crippen LogP contribution in [0.3, 0.4) is 0 Å². The quantitative estimate of drug-likeness (QED) is 0.899. The molecule has 2 nitrogen and oxygen atoms in total. The molecule has 0 amide bonds. The van der Waals surface area contributed by atoms with E-state index in [9.17, 15) is 0 Å². The summed E-state index contributed by atoms with van der Waals surface area (Å²) in [4.78, 5) is 6.67. The third-order valence-electron chi connectivity index (χ3n) is 3.28.